The van der Waals surface area contributed by atoms with Crippen LogP contribution in [0.25, 0.3) is 0 Å². The van der Waals surface area contributed by atoms with Crippen LogP contribution in [0.2, 0.25) is 0 Å². The van der Waals surface area contributed by atoms with Gasteiger partial charge in [-0.1, -0.05) is 13.8 Å². The third-order valence-electron chi connectivity index (χ3n) is 5.09. The zero-order chi connectivity index (χ0) is 15.4. The van der Waals surface area contributed by atoms with Gasteiger partial charge in [0, 0.05) is 31.2 Å². The van der Waals surface area contributed by atoms with Gasteiger partial charge >= 0.3 is 0 Å². The molecule has 2 fully saturated rings. The summed E-state index contributed by atoms with van der Waals surface area (Å²) in [4.78, 5) is 16.9. The Bertz CT molecular complexity index is 339. The summed E-state index contributed by atoms with van der Waals surface area (Å²) >= 11 is 0. The van der Waals surface area contributed by atoms with Crippen LogP contribution in [0.1, 0.15) is 40.0 Å². The Kier molecular flexibility index (Phi) is 6.02. The molecule has 0 spiro atoms. The summed E-state index contributed by atoms with van der Waals surface area (Å²) in [6, 6.07) is 1.26. The molecule has 2 aliphatic rings. The van der Waals surface area contributed by atoms with Crippen LogP contribution >= 0.6 is 0 Å². The second-order valence-electron chi connectivity index (χ2n) is 7.15. The Hall–Kier alpha value is -0.650. The first-order valence-corrected chi connectivity index (χ1v) is 8.47. The van der Waals surface area contributed by atoms with Gasteiger partial charge in [0.15, 0.2) is 0 Å². The van der Waals surface area contributed by atoms with Crippen molar-refractivity contribution < 1.29 is 4.79 Å². The van der Waals surface area contributed by atoms with E-state index in [9.17, 15) is 4.79 Å². The largest absolute Gasteiger partial charge is 0.352 e. The van der Waals surface area contributed by atoms with Crippen LogP contribution in [0.15, 0.2) is 0 Å². The van der Waals surface area contributed by atoms with E-state index < -0.39 is 0 Å². The van der Waals surface area contributed by atoms with Crippen molar-refractivity contribution in [1.82, 2.24) is 15.1 Å². The molecule has 2 heterocycles. The fourth-order valence-corrected chi connectivity index (χ4v) is 3.21. The van der Waals surface area contributed by atoms with E-state index >= 15 is 0 Å². The topological polar surface area (TPSA) is 61.6 Å². The van der Waals surface area contributed by atoms with Crippen LogP contribution in [0.3, 0.4) is 0 Å². The number of rotatable bonds is 5. The number of carbonyl (C=O) groups is 1. The molecule has 2 rings (SSSR count). The summed E-state index contributed by atoms with van der Waals surface area (Å²) in [7, 11) is 0. The zero-order valence-corrected chi connectivity index (χ0v) is 13.8. The van der Waals surface area contributed by atoms with E-state index in [0.717, 1.165) is 39.0 Å². The molecule has 5 heteroatoms. The highest BCUT2D eigenvalue weighted by molar-refractivity contribution is 5.78. The Labute approximate surface area is 129 Å². The number of hydrogen-bond donors (Lipinski definition) is 2. The van der Waals surface area contributed by atoms with Gasteiger partial charge in [-0.05, 0) is 45.2 Å². The predicted molar refractivity (Wildman–Crippen MR) is 86.1 cm³/mol. The van der Waals surface area contributed by atoms with Gasteiger partial charge in [0.1, 0.15) is 0 Å². The average molecular weight is 296 g/mol. The quantitative estimate of drug-likeness (QED) is 0.782. The molecule has 0 saturated carbocycles. The highest BCUT2D eigenvalue weighted by Crippen LogP contribution is 2.19. The van der Waals surface area contributed by atoms with Gasteiger partial charge in [0.25, 0.3) is 0 Å². The summed E-state index contributed by atoms with van der Waals surface area (Å²) in [5.41, 5.74) is 5.97. The monoisotopic (exact) mass is 296 g/mol. The molecule has 0 aliphatic carbocycles. The molecule has 1 amide bonds. The summed E-state index contributed by atoms with van der Waals surface area (Å²) in [6.07, 6.45) is 3.41. The van der Waals surface area contributed by atoms with Crippen LogP contribution in [0, 0.1) is 5.92 Å². The highest BCUT2D eigenvalue weighted by atomic mass is 16.2. The van der Waals surface area contributed by atoms with Crippen LogP contribution in [0.4, 0.5) is 0 Å². The second-order valence-corrected chi connectivity index (χ2v) is 7.15. The molecule has 5 nitrogen and oxygen atoms in total. The number of nitrogens with one attached hydrogen (secondary N) is 1. The van der Waals surface area contributed by atoms with Gasteiger partial charge < -0.3 is 11.1 Å². The van der Waals surface area contributed by atoms with Crippen LogP contribution in [0.5, 0.6) is 0 Å². The fraction of sp³-hybridized carbons (Fsp3) is 0.938. The molecule has 2 unspecified atom stereocenters. The summed E-state index contributed by atoms with van der Waals surface area (Å²) < 4.78 is 0. The van der Waals surface area contributed by atoms with Crippen molar-refractivity contribution in [3.05, 3.63) is 0 Å². The molecule has 0 bridgehead atoms. The number of amides is 1. The van der Waals surface area contributed by atoms with Crippen LogP contribution < -0.4 is 11.1 Å². The number of nitrogens with two attached hydrogens (primary N) is 1. The van der Waals surface area contributed by atoms with E-state index in [2.05, 4.69) is 35.9 Å². The van der Waals surface area contributed by atoms with E-state index in [0.29, 0.717) is 24.5 Å². The first kappa shape index (κ1) is 16.7. The van der Waals surface area contributed by atoms with E-state index in [1.54, 1.807) is 0 Å². The third kappa shape index (κ3) is 4.94. The maximum atomic E-state index is 12.1. The minimum absolute atomic E-state index is 0.164. The molecule has 3 N–H and O–H groups in total. The second kappa shape index (κ2) is 7.56. The smallest absolute Gasteiger partial charge is 0.234 e. The lowest BCUT2D eigenvalue weighted by atomic mass is 10.0. The summed E-state index contributed by atoms with van der Waals surface area (Å²) in [5.74, 6) is 0.648. The molecule has 0 radical (unpaired) electrons. The fourth-order valence-electron chi connectivity index (χ4n) is 3.21. The lowest BCUT2D eigenvalue weighted by molar-refractivity contribution is -0.122. The maximum absolute atomic E-state index is 12.1. The van der Waals surface area contributed by atoms with Gasteiger partial charge in [-0.2, -0.15) is 0 Å². The van der Waals surface area contributed by atoms with Crippen molar-refractivity contribution in [2.24, 2.45) is 11.7 Å². The minimum atomic E-state index is 0.164. The van der Waals surface area contributed by atoms with Crippen molar-refractivity contribution in [3.63, 3.8) is 0 Å². The first-order chi connectivity index (χ1) is 9.95. The van der Waals surface area contributed by atoms with Gasteiger partial charge in [-0.15, -0.1) is 0 Å². The average Bonchev–Trinajstić information content (AvgIpc) is 2.87. The lowest BCUT2D eigenvalue weighted by Gasteiger charge is -2.34. The molecule has 2 atom stereocenters. The molecule has 21 heavy (non-hydrogen) atoms. The highest BCUT2D eigenvalue weighted by Gasteiger charge is 2.30. The van der Waals surface area contributed by atoms with E-state index in [4.69, 9.17) is 5.73 Å². The number of likely N-dealkylation sites (tertiary alicyclic amines) is 2. The molecule has 0 aromatic heterocycles. The van der Waals surface area contributed by atoms with Gasteiger partial charge in [-0.3, -0.25) is 14.6 Å². The van der Waals surface area contributed by atoms with Crippen molar-refractivity contribution in [3.8, 4) is 0 Å². The van der Waals surface area contributed by atoms with Crippen molar-refractivity contribution in [2.75, 3.05) is 32.7 Å². The number of carbonyl (C=O) groups excluding carboxylic acids is 1. The normalized spacial score (nSPS) is 27.2. The minimum Gasteiger partial charge on any atom is -0.352 e. The molecule has 122 valence electrons. The molecular weight excluding hydrogens is 264 g/mol. The summed E-state index contributed by atoms with van der Waals surface area (Å²) in [6.45, 7) is 11.2. The van der Waals surface area contributed by atoms with Gasteiger partial charge in [0.2, 0.25) is 5.91 Å². The maximum Gasteiger partial charge on any atom is 0.234 e. The Morgan fingerprint density at radius 3 is 2.48 bits per heavy atom. The lowest BCUT2D eigenvalue weighted by Crippen LogP contribution is -2.47. The van der Waals surface area contributed by atoms with Crippen LogP contribution in [-0.2, 0) is 4.79 Å². The van der Waals surface area contributed by atoms with E-state index in [1.165, 1.54) is 6.42 Å². The van der Waals surface area contributed by atoms with Crippen molar-refractivity contribution in [2.45, 2.75) is 58.2 Å². The van der Waals surface area contributed by atoms with E-state index in [1.807, 2.05) is 0 Å². The number of piperidine rings is 1. The van der Waals surface area contributed by atoms with Crippen LogP contribution in [-0.4, -0.2) is 66.6 Å². The first-order valence-electron chi connectivity index (χ1n) is 8.47. The Balaban J connectivity index is 1.71. The van der Waals surface area contributed by atoms with Gasteiger partial charge in [0.05, 0.1) is 6.54 Å². The Morgan fingerprint density at radius 1 is 1.19 bits per heavy atom. The van der Waals surface area contributed by atoms with Gasteiger partial charge in [-0.25, -0.2) is 0 Å². The summed E-state index contributed by atoms with van der Waals surface area (Å²) in [5, 5.41) is 3.10. The predicted octanol–water partition coefficient (Wildman–Crippen LogP) is 0.645. The molecule has 2 aliphatic heterocycles. The molecule has 2 saturated heterocycles. The van der Waals surface area contributed by atoms with E-state index in [-0.39, 0.29) is 11.9 Å². The third-order valence-corrected chi connectivity index (χ3v) is 5.09. The molecule has 0 aromatic rings. The number of nitrogens with zero attached hydrogens (tertiary/aromatic N) is 2. The van der Waals surface area contributed by atoms with Crippen molar-refractivity contribution >= 4 is 5.91 Å². The number of hydrogen-bond acceptors (Lipinski definition) is 4. The van der Waals surface area contributed by atoms with Crippen molar-refractivity contribution in [1.29, 1.82) is 0 Å². The zero-order valence-electron chi connectivity index (χ0n) is 13.8. The molecular formula is C16H32N4O. The Morgan fingerprint density at radius 2 is 1.86 bits per heavy atom. The standard InChI is InChI=1S/C16H32N4O/c1-12(2)13(3)18-16(21)11-19-7-6-15(10-19)20-8-4-14(17)5-9-20/h12-15H,4-11,17H2,1-3H3,(H,18,21). The SMILES string of the molecule is CC(C)C(C)NC(=O)CN1CCC(N2CCC(N)CC2)C1. The molecule has 0 aromatic carbocycles.